The number of hydrogen-bond acceptors (Lipinski definition) is 8. The van der Waals surface area contributed by atoms with E-state index in [0.29, 0.717) is 79.1 Å². The first-order valence-corrected chi connectivity index (χ1v) is 15.2. The largest absolute Gasteiger partial charge is 0.491 e. The van der Waals surface area contributed by atoms with Gasteiger partial charge in [0.1, 0.15) is 23.7 Å². The number of rotatable bonds is 10. The van der Waals surface area contributed by atoms with Gasteiger partial charge in [-0.25, -0.2) is 22.8 Å². The van der Waals surface area contributed by atoms with Gasteiger partial charge in [0, 0.05) is 55.9 Å². The lowest BCUT2D eigenvalue weighted by Gasteiger charge is -2.32. The molecular weight excluding hydrogens is 559 g/mol. The average molecular weight is 589 g/mol. The lowest BCUT2D eigenvalue weighted by atomic mass is 10.1. The van der Waals surface area contributed by atoms with Crippen molar-refractivity contribution < 1.29 is 22.3 Å². The number of benzene rings is 2. The van der Waals surface area contributed by atoms with Crippen LogP contribution in [0, 0.1) is 11.7 Å². The molecule has 1 aliphatic carbocycles. The van der Waals surface area contributed by atoms with Crippen molar-refractivity contribution in [2.45, 2.75) is 12.8 Å². The molecule has 2 N–H and O–H groups in total. The van der Waals surface area contributed by atoms with E-state index in [1.54, 1.807) is 24.3 Å². The van der Waals surface area contributed by atoms with Gasteiger partial charge in [-0.2, -0.15) is 4.31 Å². The summed E-state index contributed by atoms with van der Waals surface area (Å²) < 4.78 is 44.5. The van der Waals surface area contributed by atoms with Crippen LogP contribution in [0.4, 0.5) is 21.6 Å². The molecule has 0 unspecified atom stereocenters. The van der Waals surface area contributed by atoms with E-state index in [1.807, 2.05) is 0 Å². The number of amides is 1. The Hall–Kier alpha value is -3.32. The van der Waals surface area contributed by atoms with Gasteiger partial charge in [0.2, 0.25) is 15.9 Å². The molecule has 212 valence electrons. The van der Waals surface area contributed by atoms with Crippen molar-refractivity contribution in [3.8, 4) is 5.75 Å². The Bertz CT molecular complexity index is 1540. The van der Waals surface area contributed by atoms with Gasteiger partial charge in [-0.15, -0.1) is 0 Å². The molecule has 0 radical (unpaired) electrons. The summed E-state index contributed by atoms with van der Waals surface area (Å²) in [6.07, 6.45) is 8.08. The molecule has 2 aliphatic rings. The summed E-state index contributed by atoms with van der Waals surface area (Å²) in [5.74, 6) is 0.620. The molecular formula is C27H30ClFN6O4S. The standard InChI is InChI=1S/C27H30ClFN6O4S/c1-40(37,38)35-11-9-34(10-12-35)8-2-3-26(36)33-24-14-20-23(15-25(24)39-16-18-4-5-18)30-17-31-27(20)32-19-6-7-22(29)21(28)13-19/h2-3,6-7,13-15,17-18H,4-5,8-12,16H2,1H3,(H,33,36)(H,30,31,32). The summed E-state index contributed by atoms with van der Waals surface area (Å²) >= 11 is 5.94. The van der Waals surface area contributed by atoms with E-state index < -0.39 is 15.8 Å². The zero-order valence-electron chi connectivity index (χ0n) is 21.9. The van der Waals surface area contributed by atoms with E-state index in [1.165, 1.54) is 35.1 Å². The highest BCUT2D eigenvalue weighted by atomic mass is 35.5. The van der Waals surface area contributed by atoms with Crippen LogP contribution in [0.1, 0.15) is 12.8 Å². The van der Waals surface area contributed by atoms with E-state index >= 15 is 0 Å². The first kappa shape index (κ1) is 28.2. The number of halogens is 2. The van der Waals surface area contributed by atoms with E-state index in [2.05, 4.69) is 25.5 Å². The molecule has 1 amide bonds. The van der Waals surface area contributed by atoms with Crippen LogP contribution in [0.3, 0.4) is 0 Å². The Morgan fingerprint density at radius 3 is 2.65 bits per heavy atom. The van der Waals surface area contributed by atoms with Gasteiger partial charge in [0.15, 0.2) is 0 Å². The Morgan fingerprint density at radius 1 is 1.18 bits per heavy atom. The van der Waals surface area contributed by atoms with E-state index in [9.17, 15) is 17.6 Å². The van der Waals surface area contributed by atoms with Crippen molar-refractivity contribution in [3.05, 3.63) is 59.7 Å². The van der Waals surface area contributed by atoms with Gasteiger partial charge in [-0.05, 0) is 43.0 Å². The Balaban J connectivity index is 1.31. The fourth-order valence-electron chi connectivity index (χ4n) is 4.33. The molecule has 2 aromatic carbocycles. The lowest BCUT2D eigenvalue weighted by Crippen LogP contribution is -2.48. The fraction of sp³-hybridized carbons (Fsp3) is 0.370. The molecule has 1 aromatic heterocycles. The van der Waals surface area contributed by atoms with Crippen LogP contribution >= 0.6 is 11.6 Å². The van der Waals surface area contributed by atoms with Gasteiger partial charge in [-0.3, -0.25) is 9.69 Å². The SMILES string of the molecule is CS(=O)(=O)N1CCN(CC=CC(=O)Nc2cc3c(Nc4ccc(F)c(Cl)c4)ncnc3cc2OCC2CC2)CC1. The number of carbonyl (C=O) groups excluding carboxylic acids is 1. The van der Waals surface area contributed by atoms with E-state index in [-0.39, 0.29) is 10.9 Å². The molecule has 1 saturated carbocycles. The molecule has 2 heterocycles. The number of carbonyl (C=O) groups is 1. The number of ether oxygens (including phenoxy) is 1. The van der Waals surface area contributed by atoms with Crippen LogP contribution in [-0.2, 0) is 14.8 Å². The molecule has 1 saturated heterocycles. The van der Waals surface area contributed by atoms with Crippen molar-refractivity contribution >= 4 is 55.6 Å². The van der Waals surface area contributed by atoms with Crippen LogP contribution in [0.25, 0.3) is 10.9 Å². The third-order valence-corrected chi connectivity index (χ3v) is 8.37. The molecule has 3 aromatic rings. The predicted molar refractivity (Wildman–Crippen MR) is 153 cm³/mol. The number of anilines is 3. The third-order valence-electron chi connectivity index (χ3n) is 6.78. The summed E-state index contributed by atoms with van der Waals surface area (Å²) in [7, 11) is -3.19. The van der Waals surface area contributed by atoms with Gasteiger partial charge in [-0.1, -0.05) is 17.7 Å². The van der Waals surface area contributed by atoms with Crippen molar-refractivity contribution in [1.82, 2.24) is 19.2 Å². The Labute approximate surface area is 237 Å². The summed E-state index contributed by atoms with van der Waals surface area (Å²) in [5.41, 5.74) is 1.63. The summed E-state index contributed by atoms with van der Waals surface area (Å²) in [5, 5.41) is 6.66. The summed E-state index contributed by atoms with van der Waals surface area (Å²) in [6, 6.07) is 7.80. The lowest BCUT2D eigenvalue weighted by molar-refractivity contribution is -0.111. The first-order valence-electron chi connectivity index (χ1n) is 12.9. The maximum Gasteiger partial charge on any atom is 0.248 e. The fourth-order valence-corrected chi connectivity index (χ4v) is 5.34. The number of hydrogen-bond donors (Lipinski definition) is 2. The van der Waals surface area contributed by atoms with Gasteiger partial charge in [0.25, 0.3) is 0 Å². The van der Waals surface area contributed by atoms with Crippen molar-refractivity contribution in [3.63, 3.8) is 0 Å². The second-order valence-electron chi connectivity index (χ2n) is 9.95. The minimum Gasteiger partial charge on any atom is -0.491 e. The van der Waals surface area contributed by atoms with Gasteiger partial charge in [0.05, 0.1) is 29.1 Å². The second-order valence-corrected chi connectivity index (χ2v) is 12.3. The highest BCUT2D eigenvalue weighted by Gasteiger charge is 2.24. The molecule has 0 bridgehead atoms. The molecule has 5 rings (SSSR count). The van der Waals surface area contributed by atoms with Crippen molar-refractivity contribution in [1.29, 1.82) is 0 Å². The highest BCUT2D eigenvalue weighted by molar-refractivity contribution is 7.88. The predicted octanol–water partition coefficient (Wildman–Crippen LogP) is 4.03. The van der Waals surface area contributed by atoms with Crippen LogP contribution in [-0.4, -0.2) is 79.1 Å². The zero-order valence-corrected chi connectivity index (χ0v) is 23.5. The number of nitrogens with zero attached hydrogens (tertiary/aromatic N) is 4. The second kappa shape index (κ2) is 12.0. The summed E-state index contributed by atoms with van der Waals surface area (Å²) in [4.78, 5) is 23.7. The molecule has 0 spiro atoms. The normalized spacial score (nSPS) is 16.9. The smallest absolute Gasteiger partial charge is 0.248 e. The minimum absolute atomic E-state index is 0.0175. The third kappa shape index (κ3) is 7.25. The van der Waals surface area contributed by atoms with E-state index in [0.717, 1.165) is 12.8 Å². The number of sulfonamides is 1. The Kier molecular flexibility index (Phi) is 8.50. The average Bonchev–Trinajstić information content (AvgIpc) is 3.74. The maximum absolute atomic E-state index is 13.6. The van der Waals surface area contributed by atoms with Crippen LogP contribution in [0.5, 0.6) is 5.75 Å². The van der Waals surface area contributed by atoms with Crippen molar-refractivity contribution in [2.75, 3.05) is 56.2 Å². The van der Waals surface area contributed by atoms with Crippen LogP contribution in [0.2, 0.25) is 5.02 Å². The first-order chi connectivity index (χ1) is 19.2. The quantitative estimate of drug-likeness (QED) is 0.341. The molecule has 40 heavy (non-hydrogen) atoms. The van der Waals surface area contributed by atoms with Gasteiger partial charge >= 0.3 is 0 Å². The van der Waals surface area contributed by atoms with E-state index in [4.69, 9.17) is 16.3 Å². The highest BCUT2D eigenvalue weighted by Crippen LogP contribution is 2.36. The van der Waals surface area contributed by atoms with Crippen LogP contribution < -0.4 is 15.4 Å². The topological polar surface area (TPSA) is 117 Å². The number of aromatic nitrogens is 2. The van der Waals surface area contributed by atoms with Crippen molar-refractivity contribution in [2.24, 2.45) is 5.92 Å². The number of piperazine rings is 1. The maximum atomic E-state index is 13.6. The molecule has 0 atom stereocenters. The van der Waals surface area contributed by atoms with Gasteiger partial charge < -0.3 is 15.4 Å². The number of nitrogens with one attached hydrogen (secondary N) is 2. The monoisotopic (exact) mass is 588 g/mol. The molecule has 2 fully saturated rings. The minimum atomic E-state index is -3.19. The number of fused-ring (bicyclic) bond motifs is 1. The molecule has 1 aliphatic heterocycles. The molecule has 10 nitrogen and oxygen atoms in total. The zero-order chi connectivity index (χ0) is 28.3. The Morgan fingerprint density at radius 2 is 1.95 bits per heavy atom. The van der Waals surface area contributed by atoms with Crippen LogP contribution in [0.15, 0.2) is 48.8 Å². The summed E-state index contributed by atoms with van der Waals surface area (Å²) in [6.45, 7) is 3.13. The molecule has 13 heteroatoms.